The van der Waals surface area contributed by atoms with E-state index in [0.29, 0.717) is 18.8 Å². The molecule has 8 nitrogen and oxygen atoms in total. The maximum atomic E-state index is 13.6. The van der Waals surface area contributed by atoms with Crippen LogP contribution in [0.5, 0.6) is 0 Å². The second-order valence-electron chi connectivity index (χ2n) is 8.43. The molecule has 0 radical (unpaired) electrons. The molecule has 4 rings (SSSR count). The molecule has 0 atom stereocenters. The average molecular weight is 400 g/mol. The van der Waals surface area contributed by atoms with E-state index in [4.69, 9.17) is 0 Å². The Bertz CT molecular complexity index is 926. The molecule has 1 aliphatic heterocycles. The first-order chi connectivity index (χ1) is 13.8. The maximum Gasteiger partial charge on any atom is 0.273 e. The van der Waals surface area contributed by atoms with Crippen LogP contribution < -0.4 is 5.32 Å². The van der Waals surface area contributed by atoms with Crippen LogP contribution in [0.4, 0.5) is 4.39 Å². The summed E-state index contributed by atoms with van der Waals surface area (Å²) in [7, 11) is 3.95. The fourth-order valence-corrected chi connectivity index (χ4v) is 3.87. The van der Waals surface area contributed by atoms with Gasteiger partial charge in [-0.25, -0.2) is 9.07 Å². The van der Waals surface area contributed by atoms with Crippen LogP contribution in [0, 0.1) is 18.2 Å². The van der Waals surface area contributed by atoms with E-state index in [2.05, 4.69) is 15.6 Å². The van der Waals surface area contributed by atoms with Gasteiger partial charge in [-0.2, -0.15) is 0 Å². The Morgan fingerprint density at radius 2 is 2.00 bits per heavy atom. The lowest BCUT2D eigenvalue weighted by Crippen LogP contribution is -2.62. The van der Waals surface area contributed by atoms with Crippen LogP contribution in [0.2, 0.25) is 0 Å². The predicted molar refractivity (Wildman–Crippen MR) is 104 cm³/mol. The number of hydrogen-bond donors (Lipinski definition) is 1. The monoisotopic (exact) mass is 400 g/mol. The minimum absolute atomic E-state index is 0.0943. The molecule has 0 unspecified atom stereocenters. The highest BCUT2D eigenvalue weighted by atomic mass is 19.1. The standard InChI is InChI=1S/C20H25FN6O2/c1-13-6-14(21)8-16(7-13)27-11-17(23-24-27)18(28)22-15-9-26(10-15)19(29)20(4-5-20)12-25(2)3/h6-8,11,15H,4-5,9-10,12H2,1-3H3,(H,22,28). The number of amides is 2. The van der Waals surface area contributed by atoms with Gasteiger partial charge in [0.25, 0.3) is 5.91 Å². The van der Waals surface area contributed by atoms with E-state index in [-0.39, 0.29) is 34.8 Å². The highest BCUT2D eigenvalue weighted by molar-refractivity contribution is 5.92. The van der Waals surface area contributed by atoms with E-state index < -0.39 is 0 Å². The smallest absolute Gasteiger partial charge is 0.273 e. The molecule has 0 spiro atoms. The third kappa shape index (κ3) is 4.00. The molecule has 29 heavy (non-hydrogen) atoms. The zero-order valence-electron chi connectivity index (χ0n) is 16.9. The first-order valence-electron chi connectivity index (χ1n) is 9.71. The van der Waals surface area contributed by atoms with Crippen molar-refractivity contribution in [3.63, 3.8) is 0 Å². The Kier molecular flexibility index (Phi) is 4.85. The molecule has 1 saturated heterocycles. The molecule has 9 heteroatoms. The van der Waals surface area contributed by atoms with Crippen LogP contribution in [0.25, 0.3) is 5.69 Å². The first kappa shape index (κ1) is 19.5. The summed E-state index contributed by atoms with van der Waals surface area (Å²) in [6.45, 7) is 3.57. The number of nitrogens with one attached hydrogen (secondary N) is 1. The van der Waals surface area contributed by atoms with E-state index in [9.17, 15) is 14.0 Å². The van der Waals surface area contributed by atoms with Crippen LogP contribution in [-0.2, 0) is 4.79 Å². The van der Waals surface area contributed by atoms with Crippen molar-refractivity contribution in [2.75, 3.05) is 33.7 Å². The summed E-state index contributed by atoms with van der Waals surface area (Å²) in [4.78, 5) is 29.0. The molecule has 1 N–H and O–H groups in total. The van der Waals surface area contributed by atoms with Crippen molar-refractivity contribution in [2.45, 2.75) is 25.8 Å². The third-order valence-electron chi connectivity index (χ3n) is 5.45. The van der Waals surface area contributed by atoms with Crippen molar-refractivity contribution in [3.05, 3.63) is 41.5 Å². The number of aromatic nitrogens is 3. The summed E-state index contributed by atoms with van der Waals surface area (Å²) in [5.74, 6) is -0.538. The van der Waals surface area contributed by atoms with E-state index in [1.807, 2.05) is 23.9 Å². The number of carbonyl (C=O) groups is 2. The molecule has 2 heterocycles. The molecule has 2 aromatic rings. The van der Waals surface area contributed by atoms with E-state index in [1.165, 1.54) is 23.0 Å². The average Bonchev–Trinajstić information content (AvgIpc) is 3.20. The SMILES string of the molecule is Cc1cc(F)cc(-n2cc(C(=O)NC3CN(C(=O)C4(CN(C)C)CC4)C3)nn2)c1. The lowest BCUT2D eigenvalue weighted by atomic mass is 10.00. The molecule has 2 aliphatic rings. The summed E-state index contributed by atoms with van der Waals surface area (Å²) in [5, 5.41) is 10.7. The van der Waals surface area contributed by atoms with Gasteiger partial charge in [0.05, 0.1) is 23.3 Å². The van der Waals surface area contributed by atoms with Crippen LogP contribution in [0.15, 0.2) is 24.4 Å². The largest absolute Gasteiger partial charge is 0.344 e. The first-order valence-corrected chi connectivity index (χ1v) is 9.71. The van der Waals surface area contributed by atoms with Crippen molar-refractivity contribution in [2.24, 2.45) is 5.41 Å². The Balaban J connectivity index is 1.32. The van der Waals surface area contributed by atoms with Crippen LogP contribution in [0.3, 0.4) is 0 Å². The topological polar surface area (TPSA) is 83.4 Å². The third-order valence-corrected chi connectivity index (χ3v) is 5.45. The minimum atomic E-state index is -0.372. The molecule has 154 valence electrons. The molecule has 0 bridgehead atoms. The number of rotatable bonds is 6. The lowest BCUT2D eigenvalue weighted by molar-refractivity contribution is -0.142. The number of aryl methyl sites for hydroxylation is 1. The Labute approximate surface area is 168 Å². The fraction of sp³-hybridized carbons (Fsp3) is 0.500. The Morgan fingerprint density at radius 3 is 2.62 bits per heavy atom. The van der Waals surface area contributed by atoms with Crippen molar-refractivity contribution in [1.29, 1.82) is 0 Å². The second kappa shape index (κ2) is 7.22. The van der Waals surface area contributed by atoms with E-state index in [0.717, 1.165) is 24.9 Å². The highest BCUT2D eigenvalue weighted by Gasteiger charge is 2.53. The van der Waals surface area contributed by atoms with Gasteiger partial charge in [-0.05, 0) is 57.6 Å². The quantitative estimate of drug-likeness (QED) is 0.782. The maximum absolute atomic E-state index is 13.6. The Morgan fingerprint density at radius 1 is 1.28 bits per heavy atom. The van der Waals surface area contributed by atoms with Gasteiger partial charge >= 0.3 is 0 Å². The van der Waals surface area contributed by atoms with E-state index >= 15 is 0 Å². The van der Waals surface area contributed by atoms with Gasteiger partial charge in [0.1, 0.15) is 5.82 Å². The highest BCUT2D eigenvalue weighted by Crippen LogP contribution is 2.48. The number of nitrogens with zero attached hydrogens (tertiary/aromatic N) is 5. The second-order valence-corrected chi connectivity index (χ2v) is 8.43. The van der Waals surface area contributed by atoms with Gasteiger partial charge in [-0.1, -0.05) is 5.21 Å². The zero-order chi connectivity index (χ0) is 20.8. The lowest BCUT2D eigenvalue weighted by Gasteiger charge is -2.41. The molecule has 1 aliphatic carbocycles. The number of benzene rings is 1. The molecule has 1 aromatic carbocycles. The van der Waals surface area contributed by atoms with Crippen molar-refractivity contribution in [1.82, 2.24) is 30.1 Å². The summed E-state index contributed by atoms with van der Waals surface area (Å²) in [6, 6.07) is 4.42. The number of carbonyl (C=O) groups excluding carboxylic acids is 2. The molecular weight excluding hydrogens is 375 g/mol. The minimum Gasteiger partial charge on any atom is -0.344 e. The summed E-state index contributed by atoms with van der Waals surface area (Å²) < 4.78 is 15.0. The molecule has 2 fully saturated rings. The summed E-state index contributed by atoms with van der Waals surface area (Å²) in [5.41, 5.74) is 1.18. The van der Waals surface area contributed by atoms with Crippen molar-refractivity contribution >= 4 is 11.8 Å². The number of hydrogen-bond acceptors (Lipinski definition) is 5. The number of likely N-dealkylation sites (tertiary alicyclic amines) is 1. The molecule has 1 saturated carbocycles. The van der Waals surface area contributed by atoms with Gasteiger partial charge in [-0.3, -0.25) is 9.59 Å². The fourth-order valence-electron chi connectivity index (χ4n) is 3.87. The van der Waals surface area contributed by atoms with E-state index in [1.54, 1.807) is 13.0 Å². The summed E-state index contributed by atoms with van der Waals surface area (Å²) >= 11 is 0. The van der Waals surface area contributed by atoms with Crippen molar-refractivity contribution < 1.29 is 14.0 Å². The Hall–Kier alpha value is -2.81. The van der Waals surface area contributed by atoms with Gasteiger partial charge in [0, 0.05) is 19.6 Å². The zero-order valence-corrected chi connectivity index (χ0v) is 16.9. The van der Waals surface area contributed by atoms with Crippen LogP contribution >= 0.6 is 0 Å². The van der Waals surface area contributed by atoms with Gasteiger partial charge < -0.3 is 15.1 Å². The van der Waals surface area contributed by atoms with Crippen LogP contribution in [0.1, 0.15) is 28.9 Å². The number of halogens is 1. The van der Waals surface area contributed by atoms with Gasteiger partial charge in [0.2, 0.25) is 5.91 Å². The molecule has 2 amide bonds. The normalized spacial score (nSPS) is 17.9. The van der Waals surface area contributed by atoms with Gasteiger partial charge in [-0.15, -0.1) is 5.10 Å². The predicted octanol–water partition coefficient (Wildman–Crippen LogP) is 0.997. The van der Waals surface area contributed by atoms with Crippen LogP contribution in [-0.4, -0.2) is 76.4 Å². The van der Waals surface area contributed by atoms with Gasteiger partial charge in [0.15, 0.2) is 5.69 Å². The summed E-state index contributed by atoms with van der Waals surface area (Å²) in [6.07, 6.45) is 3.34. The van der Waals surface area contributed by atoms with Crippen molar-refractivity contribution in [3.8, 4) is 5.69 Å². The molecular formula is C20H25FN6O2. The molecule has 1 aromatic heterocycles.